The molecule has 0 spiro atoms. The van der Waals surface area contributed by atoms with Gasteiger partial charge in [0, 0.05) is 6.54 Å². The summed E-state index contributed by atoms with van der Waals surface area (Å²) in [4.78, 5) is 10.3. The average Bonchev–Trinajstić information content (AvgIpc) is 1.87. The van der Waals surface area contributed by atoms with E-state index >= 15 is 0 Å². The third-order valence-corrected chi connectivity index (χ3v) is 1.17. The van der Waals surface area contributed by atoms with E-state index in [0.29, 0.717) is 12.5 Å². The van der Waals surface area contributed by atoms with Gasteiger partial charge in [-0.3, -0.25) is 4.79 Å². The Morgan fingerprint density at radius 3 is 2.60 bits per heavy atom. The van der Waals surface area contributed by atoms with Gasteiger partial charge in [-0.05, 0) is 12.3 Å². The number of halogens is 1. The quantitative estimate of drug-likeness (QED) is 0.634. The zero-order valence-electron chi connectivity index (χ0n) is 6.48. The van der Waals surface area contributed by atoms with Crippen LogP contribution in [0.1, 0.15) is 20.3 Å². The van der Waals surface area contributed by atoms with Crippen LogP contribution in [0.15, 0.2) is 0 Å². The van der Waals surface area contributed by atoms with Crippen molar-refractivity contribution in [3.63, 3.8) is 0 Å². The molecule has 0 aromatic carbocycles. The van der Waals surface area contributed by atoms with Crippen LogP contribution in [0.25, 0.3) is 0 Å². The summed E-state index contributed by atoms with van der Waals surface area (Å²) in [7, 11) is 0. The monoisotopic (exact) mass is 147 g/mol. The van der Waals surface area contributed by atoms with Crippen molar-refractivity contribution in [3.05, 3.63) is 0 Å². The molecule has 1 amide bonds. The molecule has 0 aromatic rings. The van der Waals surface area contributed by atoms with Crippen molar-refractivity contribution in [1.29, 1.82) is 0 Å². The predicted molar refractivity (Wildman–Crippen MR) is 38.4 cm³/mol. The summed E-state index contributed by atoms with van der Waals surface area (Å²) >= 11 is 0. The summed E-state index contributed by atoms with van der Waals surface area (Å²) in [5.74, 6) is 0.0422. The lowest BCUT2D eigenvalue weighted by Gasteiger charge is -2.04. The van der Waals surface area contributed by atoms with E-state index in [1.807, 2.05) is 0 Å². The van der Waals surface area contributed by atoms with Gasteiger partial charge in [-0.15, -0.1) is 0 Å². The maximum absolute atomic E-state index is 11.5. The van der Waals surface area contributed by atoms with Crippen LogP contribution in [-0.4, -0.2) is 19.1 Å². The minimum Gasteiger partial charge on any atom is -0.354 e. The molecule has 0 aliphatic heterocycles. The molecule has 0 atom stereocenters. The Hall–Kier alpha value is -0.600. The number of amides is 1. The summed E-state index contributed by atoms with van der Waals surface area (Å²) in [6, 6.07) is 0. The third kappa shape index (κ3) is 5.54. The molecule has 0 aliphatic carbocycles. The van der Waals surface area contributed by atoms with Crippen LogP contribution >= 0.6 is 0 Å². The zero-order valence-corrected chi connectivity index (χ0v) is 6.48. The third-order valence-electron chi connectivity index (χ3n) is 1.17. The maximum Gasteiger partial charge on any atom is 0.251 e. The number of hydrogen-bond acceptors (Lipinski definition) is 1. The SMILES string of the molecule is CC(C)CCNC(=O)CF. The normalized spacial score (nSPS) is 10.0. The van der Waals surface area contributed by atoms with Crippen LogP contribution in [0.2, 0.25) is 0 Å². The van der Waals surface area contributed by atoms with Crippen molar-refractivity contribution in [2.24, 2.45) is 5.92 Å². The molecular weight excluding hydrogens is 133 g/mol. The first-order valence-corrected chi connectivity index (χ1v) is 3.49. The lowest BCUT2D eigenvalue weighted by molar-refractivity contribution is -0.121. The van der Waals surface area contributed by atoms with Crippen molar-refractivity contribution in [3.8, 4) is 0 Å². The highest BCUT2D eigenvalue weighted by Gasteiger charge is 1.98. The first-order valence-electron chi connectivity index (χ1n) is 3.49. The molecule has 0 saturated heterocycles. The molecule has 0 saturated carbocycles. The Balaban J connectivity index is 3.12. The molecule has 0 aromatic heterocycles. The van der Waals surface area contributed by atoms with Gasteiger partial charge in [0.25, 0.3) is 5.91 Å². The molecule has 0 aliphatic rings. The molecule has 10 heavy (non-hydrogen) atoms. The van der Waals surface area contributed by atoms with Gasteiger partial charge in [-0.25, -0.2) is 4.39 Å². The topological polar surface area (TPSA) is 29.1 Å². The van der Waals surface area contributed by atoms with Gasteiger partial charge in [0.05, 0.1) is 0 Å². The summed E-state index contributed by atoms with van der Waals surface area (Å²) in [6.07, 6.45) is 0.908. The fraction of sp³-hybridized carbons (Fsp3) is 0.857. The number of nitrogens with one attached hydrogen (secondary N) is 1. The molecule has 0 unspecified atom stereocenters. The Morgan fingerprint density at radius 2 is 2.20 bits per heavy atom. The van der Waals surface area contributed by atoms with Crippen molar-refractivity contribution in [2.45, 2.75) is 20.3 Å². The summed E-state index contributed by atoms with van der Waals surface area (Å²) < 4.78 is 11.5. The molecule has 0 rings (SSSR count). The lowest BCUT2D eigenvalue weighted by Crippen LogP contribution is -2.26. The smallest absolute Gasteiger partial charge is 0.251 e. The van der Waals surface area contributed by atoms with Crippen LogP contribution in [0.3, 0.4) is 0 Å². The summed E-state index contributed by atoms with van der Waals surface area (Å²) in [5.41, 5.74) is 0. The average molecular weight is 147 g/mol. The van der Waals surface area contributed by atoms with Crippen molar-refractivity contribution in [1.82, 2.24) is 5.32 Å². The second-order valence-corrected chi connectivity index (χ2v) is 2.67. The van der Waals surface area contributed by atoms with Crippen molar-refractivity contribution in [2.75, 3.05) is 13.2 Å². The number of carbonyl (C=O) groups is 1. The first kappa shape index (κ1) is 9.40. The second-order valence-electron chi connectivity index (χ2n) is 2.67. The Kier molecular flexibility index (Phi) is 4.89. The number of hydrogen-bond donors (Lipinski definition) is 1. The van der Waals surface area contributed by atoms with Crippen LogP contribution in [0, 0.1) is 5.92 Å². The fourth-order valence-corrected chi connectivity index (χ4v) is 0.548. The van der Waals surface area contributed by atoms with Gasteiger partial charge < -0.3 is 5.32 Å². The summed E-state index contributed by atoms with van der Waals surface area (Å²) in [6.45, 7) is 3.79. The van der Waals surface area contributed by atoms with Crippen LogP contribution in [0.4, 0.5) is 4.39 Å². The number of rotatable bonds is 4. The van der Waals surface area contributed by atoms with E-state index in [9.17, 15) is 9.18 Å². The van der Waals surface area contributed by atoms with E-state index in [2.05, 4.69) is 19.2 Å². The highest BCUT2D eigenvalue weighted by molar-refractivity contribution is 5.76. The van der Waals surface area contributed by atoms with Gasteiger partial charge in [-0.1, -0.05) is 13.8 Å². The maximum atomic E-state index is 11.5. The fourth-order valence-electron chi connectivity index (χ4n) is 0.548. The zero-order chi connectivity index (χ0) is 7.98. The molecule has 2 nitrogen and oxygen atoms in total. The van der Waals surface area contributed by atoms with Gasteiger partial charge in [0.1, 0.15) is 0 Å². The Morgan fingerprint density at radius 1 is 1.60 bits per heavy atom. The van der Waals surface area contributed by atoms with E-state index in [1.54, 1.807) is 0 Å². The number of alkyl halides is 1. The van der Waals surface area contributed by atoms with Crippen molar-refractivity contribution < 1.29 is 9.18 Å². The molecular formula is C7H14FNO. The van der Waals surface area contributed by atoms with Gasteiger partial charge in [-0.2, -0.15) is 0 Å². The lowest BCUT2D eigenvalue weighted by atomic mass is 10.1. The first-order chi connectivity index (χ1) is 4.66. The highest BCUT2D eigenvalue weighted by atomic mass is 19.1. The van der Waals surface area contributed by atoms with Crippen LogP contribution in [0.5, 0.6) is 0 Å². The van der Waals surface area contributed by atoms with E-state index in [4.69, 9.17) is 0 Å². The molecule has 3 heteroatoms. The van der Waals surface area contributed by atoms with E-state index in [-0.39, 0.29) is 0 Å². The Bertz CT molecular complexity index is 104. The van der Waals surface area contributed by atoms with Crippen LogP contribution in [-0.2, 0) is 4.79 Å². The molecule has 0 radical (unpaired) electrons. The molecule has 60 valence electrons. The van der Waals surface area contributed by atoms with E-state index < -0.39 is 12.6 Å². The molecule has 1 N–H and O–H groups in total. The standard InChI is InChI=1S/C7H14FNO/c1-6(2)3-4-9-7(10)5-8/h6H,3-5H2,1-2H3,(H,9,10). The van der Waals surface area contributed by atoms with E-state index in [0.717, 1.165) is 6.42 Å². The molecule has 0 fully saturated rings. The van der Waals surface area contributed by atoms with E-state index in [1.165, 1.54) is 0 Å². The molecule has 0 heterocycles. The summed E-state index contributed by atoms with van der Waals surface area (Å²) in [5, 5.41) is 2.45. The van der Waals surface area contributed by atoms with Crippen LogP contribution < -0.4 is 5.32 Å². The Labute approximate surface area is 60.8 Å². The minimum absolute atomic E-state index is 0.513. The van der Waals surface area contributed by atoms with Gasteiger partial charge >= 0.3 is 0 Å². The number of carbonyl (C=O) groups excluding carboxylic acids is 1. The highest BCUT2D eigenvalue weighted by Crippen LogP contribution is 1.95. The molecule has 0 bridgehead atoms. The second kappa shape index (κ2) is 5.21. The van der Waals surface area contributed by atoms with Gasteiger partial charge in [0.15, 0.2) is 6.67 Å². The van der Waals surface area contributed by atoms with Crippen molar-refractivity contribution >= 4 is 5.91 Å². The largest absolute Gasteiger partial charge is 0.354 e. The minimum atomic E-state index is -0.905. The van der Waals surface area contributed by atoms with Gasteiger partial charge in [0.2, 0.25) is 0 Å². The predicted octanol–water partition coefficient (Wildman–Crippen LogP) is 1.12.